The molecule has 146 valence electrons. The SMILES string of the molecule is CCOc1ccc(C(=O)Nc2ccc3nn(-c4ccc(F)cc4)nc3c2)cc1Br. The molecule has 0 spiro atoms. The maximum atomic E-state index is 13.1. The van der Waals surface area contributed by atoms with Gasteiger partial charge in [0.25, 0.3) is 5.91 Å². The second kappa shape index (κ2) is 8.00. The number of carbonyl (C=O) groups is 1. The summed E-state index contributed by atoms with van der Waals surface area (Å²) in [5, 5.41) is 11.6. The molecule has 0 fully saturated rings. The largest absolute Gasteiger partial charge is 0.493 e. The average molecular weight is 455 g/mol. The zero-order valence-electron chi connectivity index (χ0n) is 15.4. The Morgan fingerprint density at radius 3 is 2.55 bits per heavy atom. The van der Waals surface area contributed by atoms with E-state index >= 15 is 0 Å². The van der Waals surface area contributed by atoms with Crippen LogP contribution in [0.3, 0.4) is 0 Å². The first-order chi connectivity index (χ1) is 14.0. The summed E-state index contributed by atoms with van der Waals surface area (Å²) in [5.74, 6) is 0.110. The molecule has 0 aliphatic rings. The van der Waals surface area contributed by atoms with Gasteiger partial charge in [-0.2, -0.15) is 4.80 Å². The first-order valence-corrected chi connectivity index (χ1v) is 9.69. The Labute approximate surface area is 174 Å². The molecule has 6 nitrogen and oxygen atoms in total. The molecule has 4 aromatic rings. The fourth-order valence-electron chi connectivity index (χ4n) is 2.80. The minimum absolute atomic E-state index is 0.251. The van der Waals surface area contributed by atoms with Gasteiger partial charge in [-0.05, 0) is 83.5 Å². The van der Waals surface area contributed by atoms with Crippen molar-refractivity contribution in [2.45, 2.75) is 6.92 Å². The number of nitrogens with zero attached hydrogens (tertiary/aromatic N) is 3. The fourth-order valence-corrected chi connectivity index (χ4v) is 3.29. The van der Waals surface area contributed by atoms with Crippen LogP contribution in [0.2, 0.25) is 0 Å². The van der Waals surface area contributed by atoms with Gasteiger partial charge in [-0.25, -0.2) is 4.39 Å². The van der Waals surface area contributed by atoms with Crippen LogP contribution in [-0.4, -0.2) is 27.5 Å². The smallest absolute Gasteiger partial charge is 0.255 e. The van der Waals surface area contributed by atoms with Crippen LogP contribution >= 0.6 is 15.9 Å². The van der Waals surface area contributed by atoms with Gasteiger partial charge in [0.15, 0.2) is 0 Å². The maximum Gasteiger partial charge on any atom is 0.255 e. The summed E-state index contributed by atoms with van der Waals surface area (Å²) in [6.45, 7) is 2.44. The Morgan fingerprint density at radius 2 is 1.83 bits per heavy atom. The zero-order valence-corrected chi connectivity index (χ0v) is 17.0. The molecule has 1 heterocycles. The number of halogens is 2. The molecule has 3 aromatic carbocycles. The molecule has 0 saturated carbocycles. The number of fused-ring (bicyclic) bond motifs is 1. The molecule has 1 aromatic heterocycles. The van der Waals surface area contributed by atoms with E-state index in [9.17, 15) is 9.18 Å². The molecule has 0 aliphatic heterocycles. The summed E-state index contributed by atoms with van der Waals surface area (Å²) in [5.41, 5.74) is 3.01. The van der Waals surface area contributed by atoms with Crippen molar-refractivity contribution < 1.29 is 13.9 Å². The Morgan fingerprint density at radius 1 is 1.07 bits per heavy atom. The van der Waals surface area contributed by atoms with Gasteiger partial charge in [0.1, 0.15) is 22.6 Å². The summed E-state index contributed by atoms with van der Waals surface area (Å²) in [7, 11) is 0. The fraction of sp³-hybridized carbons (Fsp3) is 0.0952. The van der Waals surface area contributed by atoms with Crippen LogP contribution < -0.4 is 10.1 Å². The van der Waals surface area contributed by atoms with Gasteiger partial charge >= 0.3 is 0 Å². The van der Waals surface area contributed by atoms with Crippen molar-refractivity contribution in [2.24, 2.45) is 0 Å². The average Bonchev–Trinajstić information content (AvgIpc) is 3.13. The summed E-state index contributed by atoms with van der Waals surface area (Å²) in [6.07, 6.45) is 0. The van der Waals surface area contributed by atoms with E-state index in [1.54, 1.807) is 48.5 Å². The number of benzene rings is 3. The molecule has 1 amide bonds. The molecule has 0 atom stereocenters. The van der Waals surface area contributed by atoms with E-state index in [0.29, 0.717) is 44.8 Å². The summed E-state index contributed by atoms with van der Waals surface area (Å²) >= 11 is 3.41. The molecule has 8 heteroatoms. The third-order valence-electron chi connectivity index (χ3n) is 4.19. The quantitative estimate of drug-likeness (QED) is 0.461. The van der Waals surface area contributed by atoms with Gasteiger partial charge in [-0.3, -0.25) is 4.79 Å². The standard InChI is InChI=1S/C21H16BrFN4O2/c1-2-29-20-10-3-13(11-17(20)22)21(28)24-15-6-9-18-19(12-15)26-27(25-18)16-7-4-14(23)5-8-16/h3-12H,2H2,1H3,(H,24,28). The van der Waals surface area contributed by atoms with Crippen molar-refractivity contribution in [3.63, 3.8) is 0 Å². The highest BCUT2D eigenvalue weighted by Gasteiger charge is 2.11. The molecular formula is C21H16BrFN4O2. The van der Waals surface area contributed by atoms with Crippen LogP contribution in [0.25, 0.3) is 16.7 Å². The van der Waals surface area contributed by atoms with Crippen molar-refractivity contribution in [2.75, 3.05) is 11.9 Å². The Hall–Kier alpha value is -3.26. The lowest BCUT2D eigenvalue weighted by molar-refractivity contribution is 0.102. The molecule has 0 bridgehead atoms. The first kappa shape index (κ1) is 19.1. The van der Waals surface area contributed by atoms with Crippen LogP contribution in [0.1, 0.15) is 17.3 Å². The van der Waals surface area contributed by atoms with E-state index in [4.69, 9.17) is 4.74 Å². The number of nitrogens with one attached hydrogen (secondary N) is 1. The molecular weight excluding hydrogens is 439 g/mol. The van der Waals surface area contributed by atoms with Gasteiger partial charge in [-0.15, -0.1) is 10.2 Å². The van der Waals surface area contributed by atoms with Gasteiger partial charge in [0, 0.05) is 11.3 Å². The highest BCUT2D eigenvalue weighted by molar-refractivity contribution is 9.10. The number of hydrogen-bond donors (Lipinski definition) is 1. The van der Waals surface area contributed by atoms with E-state index in [-0.39, 0.29) is 11.7 Å². The summed E-state index contributed by atoms with van der Waals surface area (Å²) < 4.78 is 19.3. The number of anilines is 1. The van der Waals surface area contributed by atoms with Crippen molar-refractivity contribution >= 4 is 38.6 Å². The lowest BCUT2D eigenvalue weighted by Crippen LogP contribution is -2.12. The molecule has 0 saturated heterocycles. The van der Waals surface area contributed by atoms with Crippen LogP contribution in [0.4, 0.5) is 10.1 Å². The Kier molecular flexibility index (Phi) is 5.26. The van der Waals surface area contributed by atoms with Crippen LogP contribution in [-0.2, 0) is 0 Å². The van der Waals surface area contributed by atoms with E-state index < -0.39 is 0 Å². The summed E-state index contributed by atoms with van der Waals surface area (Å²) in [4.78, 5) is 14.0. The first-order valence-electron chi connectivity index (χ1n) is 8.90. The van der Waals surface area contributed by atoms with Crippen molar-refractivity contribution in [1.82, 2.24) is 15.0 Å². The second-order valence-corrected chi connectivity index (χ2v) is 7.06. The van der Waals surface area contributed by atoms with Crippen LogP contribution in [0.5, 0.6) is 5.75 Å². The van der Waals surface area contributed by atoms with Gasteiger partial charge in [-0.1, -0.05) is 0 Å². The number of rotatable bonds is 5. The van der Waals surface area contributed by atoms with Crippen molar-refractivity contribution in [3.8, 4) is 11.4 Å². The molecule has 0 unspecified atom stereocenters. The number of hydrogen-bond acceptors (Lipinski definition) is 4. The lowest BCUT2D eigenvalue weighted by Gasteiger charge is -2.09. The molecule has 0 radical (unpaired) electrons. The molecule has 29 heavy (non-hydrogen) atoms. The topological polar surface area (TPSA) is 69.0 Å². The zero-order chi connectivity index (χ0) is 20.4. The van der Waals surface area contributed by atoms with Crippen LogP contribution in [0.15, 0.2) is 65.1 Å². The predicted octanol–water partition coefficient (Wildman–Crippen LogP) is 4.97. The highest BCUT2D eigenvalue weighted by atomic mass is 79.9. The molecule has 0 aliphatic carbocycles. The van der Waals surface area contributed by atoms with Crippen molar-refractivity contribution in [3.05, 3.63) is 76.5 Å². The maximum absolute atomic E-state index is 13.1. The number of aromatic nitrogens is 3. The van der Waals surface area contributed by atoms with Crippen molar-refractivity contribution in [1.29, 1.82) is 0 Å². The molecule has 4 rings (SSSR count). The predicted molar refractivity (Wildman–Crippen MR) is 112 cm³/mol. The minimum atomic E-state index is -0.323. The van der Waals surface area contributed by atoms with E-state index in [0.717, 1.165) is 0 Å². The minimum Gasteiger partial charge on any atom is -0.493 e. The van der Waals surface area contributed by atoms with Crippen LogP contribution in [0, 0.1) is 5.82 Å². The van der Waals surface area contributed by atoms with Gasteiger partial charge < -0.3 is 10.1 Å². The monoisotopic (exact) mass is 454 g/mol. The number of carbonyl (C=O) groups excluding carboxylic acids is 1. The highest BCUT2D eigenvalue weighted by Crippen LogP contribution is 2.26. The molecule has 1 N–H and O–H groups in total. The van der Waals surface area contributed by atoms with Gasteiger partial charge in [0.2, 0.25) is 0 Å². The third kappa shape index (κ3) is 4.12. The lowest BCUT2D eigenvalue weighted by atomic mass is 10.2. The Bertz CT molecular complexity index is 1190. The Balaban J connectivity index is 1.56. The third-order valence-corrected chi connectivity index (χ3v) is 4.81. The number of ether oxygens (including phenoxy) is 1. The van der Waals surface area contributed by atoms with Gasteiger partial charge in [0.05, 0.1) is 16.8 Å². The second-order valence-electron chi connectivity index (χ2n) is 6.20. The number of amides is 1. The normalized spacial score (nSPS) is 10.9. The van der Waals surface area contributed by atoms with E-state index in [1.807, 2.05) is 6.92 Å². The van der Waals surface area contributed by atoms with E-state index in [2.05, 4.69) is 31.4 Å². The van der Waals surface area contributed by atoms with E-state index in [1.165, 1.54) is 16.9 Å². The summed E-state index contributed by atoms with van der Waals surface area (Å²) in [6, 6.07) is 16.3.